The van der Waals surface area contributed by atoms with Gasteiger partial charge < -0.3 is 10.2 Å². The molecule has 3 heteroatoms. The predicted octanol–water partition coefficient (Wildman–Crippen LogP) is 5.06. The maximum Gasteiger partial charge on any atom is 0.115 e. The minimum atomic E-state index is -0.235. The molecule has 0 aliphatic heterocycles. The van der Waals surface area contributed by atoms with Gasteiger partial charge in [-0.25, -0.2) is 0 Å². The summed E-state index contributed by atoms with van der Waals surface area (Å²) in [6.07, 6.45) is 3.55. The Morgan fingerprint density at radius 3 is 1.65 bits per heavy atom. The molecule has 1 aliphatic carbocycles. The van der Waals surface area contributed by atoms with Crippen molar-refractivity contribution >= 4 is 5.57 Å². The molecule has 1 aliphatic rings. The van der Waals surface area contributed by atoms with Gasteiger partial charge in [-0.15, -0.1) is 0 Å². The number of aromatic hydroxyl groups is 2. The van der Waals surface area contributed by atoms with Crippen LogP contribution in [0.3, 0.4) is 0 Å². The molecule has 0 radical (unpaired) electrons. The van der Waals surface area contributed by atoms with Crippen molar-refractivity contribution in [2.24, 2.45) is 5.92 Å². The van der Waals surface area contributed by atoms with Gasteiger partial charge in [-0.1, -0.05) is 29.8 Å². The highest BCUT2D eigenvalue weighted by Crippen LogP contribution is 2.37. The number of allylic oxidation sites excluding steroid dienone is 1. The molecular formula is C20H21FO2. The van der Waals surface area contributed by atoms with E-state index in [1.54, 1.807) is 24.3 Å². The number of hydrogen-bond donors (Lipinski definition) is 2. The zero-order valence-electron chi connectivity index (χ0n) is 13.0. The van der Waals surface area contributed by atoms with Crippen LogP contribution in [0.25, 0.3) is 5.57 Å². The van der Waals surface area contributed by atoms with Gasteiger partial charge in [0.25, 0.3) is 0 Å². The Labute approximate surface area is 135 Å². The third kappa shape index (κ3) is 3.55. The molecule has 1 saturated carbocycles. The first kappa shape index (κ1) is 15.6. The molecule has 3 rings (SSSR count). The van der Waals surface area contributed by atoms with Gasteiger partial charge >= 0.3 is 0 Å². The molecule has 0 heterocycles. The summed E-state index contributed by atoms with van der Waals surface area (Å²) in [5, 5.41) is 19.1. The van der Waals surface area contributed by atoms with Crippen LogP contribution in [0.1, 0.15) is 36.8 Å². The lowest BCUT2D eigenvalue weighted by Crippen LogP contribution is -2.11. The highest BCUT2D eigenvalue weighted by molar-refractivity contribution is 5.82. The van der Waals surface area contributed by atoms with Gasteiger partial charge in [0.05, 0.1) is 6.67 Å². The summed E-state index contributed by atoms with van der Waals surface area (Å²) in [7, 11) is 0. The smallest absolute Gasteiger partial charge is 0.115 e. The first-order chi connectivity index (χ1) is 11.2. The predicted molar refractivity (Wildman–Crippen MR) is 90.2 cm³/mol. The molecule has 0 bridgehead atoms. The maximum absolute atomic E-state index is 12.9. The number of halogens is 1. The van der Waals surface area contributed by atoms with Crippen molar-refractivity contribution in [1.29, 1.82) is 0 Å². The molecule has 2 N–H and O–H groups in total. The van der Waals surface area contributed by atoms with Crippen LogP contribution in [0.4, 0.5) is 4.39 Å². The van der Waals surface area contributed by atoms with E-state index in [9.17, 15) is 14.6 Å². The van der Waals surface area contributed by atoms with Gasteiger partial charge in [-0.3, -0.25) is 4.39 Å². The van der Waals surface area contributed by atoms with Crippen LogP contribution in [-0.4, -0.2) is 16.9 Å². The molecule has 0 spiro atoms. The summed E-state index contributed by atoms with van der Waals surface area (Å²) in [5.41, 5.74) is 4.55. The van der Waals surface area contributed by atoms with E-state index < -0.39 is 0 Å². The zero-order valence-corrected chi connectivity index (χ0v) is 13.0. The molecule has 2 nitrogen and oxygen atoms in total. The Morgan fingerprint density at radius 1 is 0.826 bits per heavy atom. The molecule has 2 aromatic rings. The lowest BCUT2D eigenvalue weighted by Gasteiger charge is -2.25. The van der Waals surface area contributed by atoms with Crippen LogP contribution in [0.5, 0.6) is 11.5 Å². The van der Waals surface area contributed by atoms with Gasteiger partial charge in [0.15, 0.2) is 0 Å². The highest BCUT2D eigenvalue weighted by Gasteiger charge is 2.20. The van der Waals surface area contributed by atoms with Crippen molar-refractivity contribution in [3.05, 3.63) is 65.2 Å². The fraction of sp³-hybridized carbons (Fsp3) is 0.300. The Morgan fingerprint density at radius 2 is 1.26 bits per heavy atom. The van der Waals surface area contributed by atoms with Crippen LogP contribution in [-0.2, 0) is 0 Å². The molecule has 0 saturated heterocycles. The second-order valence-corrected chi connectivity index (χ2v) is 6.17. The van der Waals surface area contributed by atoms with Gasteiger partial charge in [0, 0.05) is 0 Å². The molecule has 1 fully saturated rings. The molecule has 0 amide bonds. The first-order valence-corrected chi connectivity index (χ1v) is 8.04. The van der Waals surface area contributed by atoms with Crippen molar-refractivity contribution in [1.82, 2.24) is 0 Å². The number of benzene rings is 2. The van der Waals surface area contributed by atoms with Crippen molar-refractivity contribution in [3.8, 4) is 11.5 Å². The average molecular weight is 312 g/mol. The molecule has 2 aromatic carbocycles. The minimum Gasteiger partial charge on any atom is -0.508 e. The quantitative estimate of drug-likeness (QED) is 0.831. The second-order valence-electron chi connectivity index (χ2n) is 6.17. The van der Waals surface area contributed by atoms with E-state index >= 15 is 0 Å². The third-order valence-corrected chi connectivity index (χ3v) is 4.59. The number of rotatable bonds is 3. The summed E-state index contributed by atoms with van der Waals surface area (Å²) >= 11 is 0. The lowest BCUT2D eigenvalue weighted by molar-refractivity contribution is 0.307. The summed E-state index contributed by atoms with van der Waals surface area (Å²) in [6.45, 7) is -0.235. The number of alkyl halides is 1. The van der Waals surface area contributed by atoms with Crippen LogP contribution < -0.4 is 0 Å². The molecule has 120 valence electrons. The maximum atomic E-state index is 12.9. The number of phenols is 2. The summed E-state index contributed by atoms with van der Waals surface area (Å²) in [6, 6.07) is 14.4. The van der Waals surface area contributed by atoms with Crippen molar-refractivity contribution in [2.45, 2.75) is 25.7 Å². The fourth-order valence-corrected chi connectivity index (χ4v) is 3.26. The average Bonchev–Trinajstić information content (AvgIpc) is 2.59. The second kappa shape index (κ2) is 6.86. The monoisotopic (exact) mass is 312 g/mol. The lowest BCUT2D eigenvalue weighted by atomic mass is 9.81. The summed E-state index contributed by atoms with van der Waals surface area (Å²) in [4.78, 5) is 0. The summed E-state index contributed by atoms with van der Waals surface area (Å²) < 4.78 is 12.9. The van der Waals surface area contributed by atoms with E-state index in [1.807, 2.05) is 24.3 Å². The number of hydrogen-bond acceptors (Lipinski definition) is 2. The minimum absolute atomic E-state index is 0.180. The van der Waals surface area contributed by atoms with Crippen molar-refractivity contribution in [3.63, 3.8) is 0 Å². The third-order valence-electron chi connectivity index (χ3n) is 4.59. The van der Waals surface area contributed by atoms with Gasteiger partial charge in [-0.2, -0.15) is 0 Å². The standard InChI is InChI=1S/C20H21FO2/c21-13-14-1-3-15(4-2-14)20(16-5-9-18(22)10-6-16)17-7-11-19(23)12-8-17/h5-12,14,22-23H,1-4,13H2. The van der Waals surface area contributed by atoms with E-state index in [0.717, 1.165) is 42.4 Å². The largest absolute Gasteiger partial charge is 0.508 e. The van der Waals surface area contributed by atoms with Gasteiger partial charge in [0.2, 0.25) is 0 Å². The molecule has 0 unspecified atom stereocenters. The van der Waals surface area contributed by atoms with Gasteiger partial charge in [-0.05, 0) is 72.6 Å². The van der Waals surface area contributed by atoms with Gasteiger partial charge in [0.1, 0.15) is 11.5 Å². The highest BCUT2D eigenvalue weighted by atomic mass is 19.1. The normalized spacial score (nSPS) is 18.0. The molecular weight excluding hydrogens is 291 g/mol. The topological polar surface area (TPSA) is 40.5 Å². The van der Waals surface area contributed by atoms with E-state index in [4.69, 9.17) is 0 Å². The fourth-order valence-electron chi connectivity index (χ4n) is 3.26. The van der Waals surface area contributed by atoms with Crippen LogP contribution in [0, 0.1) is 5.92 Å². The van der Waals surface area contributed by atoms with Crippen molar-refractivity contribution < 1.29 is 14.6 Å². The molecule has 23 heavy (non-hydrogen) atoms. The Bertz CT molecular complexity index is 629. The first-order valence-electron chi connectivity index (χ1n) is 8.04. The Hall–Kier alpha value is -2.29. The number of phenolic OH excluding ortho intramolecular Hbond substituents is 2. The van der Waals surface area contributed by atoms with E-state index in [2.05, 4.69) is 0 Å². The van der Waals surface area contributed by atoms with E-state index in [1.165, 1.54) is 5.57 Å². The van der Waals surface area contributed by atoms with Crippen LogP contribution in [0.2, 0.25) is 0 Å². The Kier molecular flexibility index (Phi) is 4.65. The SMILES string of the molecule is Oc1ccc(C(=C2CCC(CF)CC2)c2ccc(O)cc2)cc1. The van der Waals surface area contributed by atoms with Crippen LogP contribution in [0.15, 0.2) is 54.1 Å². The van der Waals surface area contributed by atoms with E-state index in [-0.39, 0.29) is 24.1 Å². The van der Waals surface area contributed by atoms with Crippen molar-refractivity contribution in [2.75, 3.05) is 6.67 Å². The molecule has 0 aromatic heterocycles. The zero-order chi connectivity index (χ0) is 16.2. The molecule has 0 atom stereocenters. The Balaban J connectivity index is 2.03. The summed E-state index contributed by atoms with van der Waals surface area (Å²) in [5.74, 6) is 0.662. The van der Waals surface area contributed by atoms with E-state index in [0.29, 0.717) is 0 Å². The van der Waals surface area contributed by atoms with Crippen LogP contribution >= 0.6 is 0 Å².